The number of hydrogen-bond acceptors (Lipinski definition) is 2. The van der Waals surface area contributed by atoms with E-state index in [0.29, 0.717) is 36.2 Å². The van der Waals surface area contributed by atoms with Gasteiger partial charge in [0.25, 0.3) is 0 Å². The highest BCUT2D eigenvalue weighted by Gasteiger charge is 2.27. The molecule has 0 aliphatic heterocycles. The molecule has 118 valence electrons. The summed E-state index contributed by atoms with van der Waals surface area (Å²) in [5.41, 5.74) is 6.04. The second-order valence-corrected chi connectivity index (χ2v) is 6.91. The van der Waals surface area contributed by atoms with Gasteiger partial charge in [0, 0.05) is 25.0 Å². The van der Waals surface area contributed by atoms with Crippen LogP contribution in [-0.4, -0.2) is 29.4 Å². The summed E-state index contributed by atoms with van der Waals surface area (Å²) >= 11 is 0. The Hall–Kier alpha value is -0.570. The minimum atomic E-state index is 0.313. The lowest BCUT2D eigenvalue weighted by Gasteiger charge is -2.34. The van der Waals surface area contributed by atoms with Gasteiger partial charge in [-0.2, -0.15) is 0 Å². The van der Waals surface area contributed by atoms with Crippen molar-refractivity contribution in [2.45, 2.75) is 84.7 Å². The molecule has 1 aliphatic carbocycles. The first-order valence-electron chi connectivity index (χ1n) is 8.52. The molecule has 0 spiro atoms. The third kappa shape index (κ3) is 5.43. The van der Waals surface area contributed by atoms with Crippen LogP contribution in [0.1, 0.15) is 72.6 Å². The van der Waals surface area contributed by atoms with Gasteiger partial charge in [0.15, 0.2) is 0 Å². The Morgan fingerprint density at radius 3 is 2.40 bits per heavy atom. The Bertz CT molecular complexity index is 287. The van der Waals surface area contributed by atoms with Gasteiger partial charge in [-0.25, -0.2) is 0 Å². The van der Waals surface area contributed by atoms with Crippen LogP contribution in [0.5, 0.6) is 0 Å². The summed E-state index contributed by atoms with van der Waals surface area (Å²) in [6, 6.07) is 0.718. The van der Waals surface area contributed by atoms with Crippen molar-refractivity contribution in [3.63, 3.8) is 0 Å². The van der Waals surface area contributed by atoms with Gasteiger partial charge in [0.2, 0.25) is 5.91 Å². The standard InChI is InChI=1S/C17H34N2O/c1-5-16(6-2)19(12-13(3)4)17(20)11-14-8-7-9-15(18)10-14/h13-16H,5-12,18H2,1-4H3. The van der Waals surface area contributed by atoms with Crippen LogP contribution in [0.2, 0.25) is 0 Å². The van der Waals surface area contributed by atoms with Gasteiger partial charge >= 0.3 is 0 Å². The third-order valence-electron chi connectivity index (χ3n) is 4.55. The molecule has 20 heavy (non-hydrogen) atoms. The highest BCUT2D eigenvalue weighted by atomic mass is 16.2. The Morgan fingerprint density at radius 2 is 1.90 bits per heavy atom. The molecule has 1 aliphatic rings. The van der Waals surface area contributed by atoms with Crippen LogP contribution >= 0.6 is 0 Å². The quantitative estimate of drug-likeness (QED) is 0.776. The largest absolute Gasteiger partial charge is 0.339 e. The maximum atomic E-state index is 12.7. The van der Waals surface area contributed by atoms with E-state index in [1.54, 1.807) is 0 Å². The zero-order chi connectivity index (χ0) is 15.1. The van der Waals surface area contributed by atoms with Gasteiger partial charge in [-0.15, -0.1) is 0 Å². The zero-order valence-corrected chi connectivity index (χ0v) is 13.9. The fraction of sp³-hybridized carbons (Fsp3) is 0.941. The van der Waals surface area contributed by atoms with Crippen LogP contribution in [0.3, 0.4) is 0 Å². The van der Waals surface area contributed by atoms with Crippen molar-refractivity contribution in [1.82, 2.24) is 4.90 Å². The fourth-order valence-corrected chi connectivity index (χ4v) is 3.46. The van der Waals surface area contributed by atoms with Gasteiger partial charge in [0.1, 0.15) is 0 Å². The zero-order valence-electron chi connectivity index (χ0n) is 13.9. The molecule has 1 fully saturated rings. The topological polar surface area (TPSA) is 46.3 Å². The SMILES string of the molecule is CCC(CC)N(CC(C)C)C(=O)CC1CCCC(N)C1. The second-order valence-electron chi connectivity index (χ2n) is 6.91. The molecule has 3 nitrogen and oxygen atoms in total. The predicted octanol–water partition coefficient (Wildman–Crippen LogP) is 3.57. The summed E-state index contributed by atoms with van der Waals surface area (Å²) in [6.45, 7) is 9.65. The summed E-state index contributed by atoms with van der Waals surface area (Å²) in [7, 11) is 0. The van der Waals surface area contributed by atoms with Crippen LogP contribution in [0.4, 0.5) is 0 Å². The van der Waals surface area contributed by atoms with Crippen molar-refractivity contribution in [2.24, 2.45) is 17.6 Å². The first kappa shape index (κ1) is 17.5. The molecule has 0 radical (unpaired) electrons. The lowest BCUT2D eigenvalue weighted by molar-refractivity contribution is -0.135. The van der Waals surface area contributed by atoms with E-state index < -0.39 is 0 Å². The van der Waals surface area contributed by atoms with E-state index in [9.17, 15) is 4.79 Å². The molecule has 0 heterocycles. The summed E-state index contributed by atoms with van der Waals surface area (Å²) in [5, 5.41) is 0. The first-order chi connectivity index (χ1) is 9.47. The minimum Gasteiger partial charge on any atom is -0.339 e. The second kappa shape index (κ2) is 8.66. The molecule has 1 rings (SSSR count). The molecule has 0 aromatic heterocycles. The van der Waals surface area contributed by atoms with E-state index in [0.717, 1.165) is 32.2 Å². The average Bonchev–Trinajstić information content (AvgIpc) is 2.38. The average molecular weight is 282 g/mol. The number of amides is 1. The Labute approximate surface area is 125 Å². The third-order valence-corrected chi connectivity index (χ3v) is 4.55. The van der Waals surface area contributed by atoms with Crippen molar-refractivity contribution < 1.29 is 4.79 Å². The predicted molar refractivity (Wildman–Crippen MR) is 85.5 cm³/mol. The fourth-order valence-electron chi connectivity index (χ4n) is 3.46. The minimum absolute atomic E-state index is 0.313. The van der Waals surface area contributed by atoms with Gasteiger partial charge in [-0.05, 0) is 43.9 Å². The molecule has 1 saturated carbocycles. The van der Waals surface area contributed by atoms with Gasteiger partial charge in [0.05, 0.1) is 0 Å². The number of carbonyl (C=O) groups excluding carboxylic acids is 1. The molecule has 2 atom stereocenters. The molecule has 0 bridgehead atoms. The van der Waals surface area contributed by atoms with Crippen molar-refractivity contribution >= 4 is 5.91 Å². The van der Waals surface area contributed by atoms with Gasteiger partial charge < -0.3 is 10.6 Å². The van der Waals surface area contributed by atoms with E-state index >= 15 is 0 Å². The lowest BCUT2D eigenvalue weighted by Crippen LogP contribution is -2.43. The van der Waals surface area contributed by atoms with E-state index in [2.05, 4.69) is 32.6 Å². The number of hydrogen-bond donors (Lipinski definition) is 1. The molecular weight excluding hydrogens is 248 g/mol. The lowest BCUT2D eigenvalue weighted by atomic mass is 9.83. The van der Waals surface area contributed by atoms with Crippen molar-refractivity contribution in [1.29, 1.82) is 0 Å². The van der Waals surface area contributed by atoms with E-state index in [-0.39, 0.29) is 0 Å². The van der Waals surface area contributed by atoms with Gasteiger partial charge in [-0.1, -0.05) is 34.1 Å². The van der Waals surface area contributed by atoms with Crippen LogP contribution in [-0.2, 0) is 4.79 Å². The number of nitrogens with zero attached hydrogens (tertiary/aromatic N) is 1. The van der Waals surface area contributed by atoms with Crippen molar-refractivity contribution in [2.75, 3.05) is 6.54 Å². The Morgan fingerprint density at radius 1 is 1.25 bits per heavy atom. The van der Waals surface area contributed by atoms with Crippen molar-refractivity contribution in [3.05, 3.63) is 0 Å². The van der Waals surface area contributed by atoms with Crippen LogP contribution in [0.25, 0.3) is 0 Å². The highest BCUT2D eigenvalue weighted by Crippen LogP contribution is 2.27. The summed E-state index contributed by atoms with van der Waals surface area (Å²) < 4.78 is 0. The van der Waals surface area contributed by atoms with Crippen molar-refractivity contribution in [3.8, 4) is 0 Å². The summed E-state index contributed by atoms with van der Waals surface area (Å²) in [5.74, 6) is 1.40. The number of rotatable bonds is 7. The molecular formula is C17H34N2O. The highest BCUT2D eigenvalue weighted by molar-refractivity contribution is 5.76. The van der Waals surface area contributed by atoms with E-state index in [1.165, 1.54) is 12.8 Å². The Balaban J connectivity index is 2.62. The van der Waals surface area contributed by atoms with Gasteiger partial charge in [-0.3, -0.25) is 4.79 Å². The van der Waals surface area contributed by atoms with E-state index in [4.69, 9.17) is 5.73 Å². The normalized spacial score (nSPS) is 23.4. The number of nitrogens with two attached hydrogens (primary N) is 1. The first-order valence-corrected chi connectivity index (χ1v) is 8.52. The molecule has 0 saturated heterocycles. The molecule has 2 N–H and O–H groups in total. The van der Waals surface area contributed by atoms with E-state index in [1.807, 2.05) is 0 Å². The maximum absolute atomic E-state index is 12.7. The summed E-state index contributed by atoms with van der Waals surface area (Å²) in [4.78, 5) is 14.8. The summed E-state index contributed by atoms with van der Waals surface area (Å²) in [6.07, 6.45) is 7.35. The smallest absolute Gasteiger partial charge is 0.223 e. The van der Waals surface area contributed by atoms with Crippen LogP contribution < -0.4 is 5.73 Å². The molecule has 0 aromatic carbocycles. The molecule has 1 amide bonds. The molecule has 0 aromatic rings. The molecule has 3 heteroatoms. The molecule has 2 unspecified atom stereocenters. The Kier molecular flexibility index (Phi) is 7.57. The monoisotopic (exact) mass is 282 g/mol. The van der Waals surface area contributed by atoms with Crippen LogP contribution in [0.15, 0.2) is 0 Å². The number of carbonyl (C=O) groups is 1. The van der Waals surface area contributed by atoms with Crippen LogP contribution in [0, 0.1) is 11.8 Å². The maximum Gasteiger partial charge on any atom is 0.223 e.